The number of thiophene rings is 1. The maximum atomic E-state index is 10.2. The Morgan fingerprint density at radius 1 is 1.75 bits per heavy atom. The molecule has 1 aromatic rings. The fraction of sp³-hybridized carbons (Fsp3) is 0.167. The molecule has 0 atom stereocenters. The summed E-state index contributed by atoms with van der Waals surface area (Å²) in [6.07, 6.45) is 1.54. The monoisotopic (exact) mass is 185 g/mol. The van der Waals surface area contributed by atoms with Gasteiger partial charge in [0.2, 0.25) is 0 Å². The van der Waals surface area contributed by atoms with E-state index < -0.39 is 4.92 Å². The van der Waals surface area contributed by atoms with E-state index in [2.05, 4.69) is 10.5 Å². The van der Waals surface area contributed by atoms with Crippen LogP contribution in [0.3, 0.4) is 0 Å². The van der Waals surface area contributed by atoms with Crippen LogP contribution < -0.4 is 5.43 Å². The van der Waals surface area contributed by atoms with Gasteiger partial charge in [-0.1, -0.05) is 11.3 Å². The third-order valence-electron chi connectivity index (χ3n) is 1.11. The van der Waals surface area contributed by atoms with Gasteiger partial charge < -0.3 is 5.43 Å². The van der Waals surface area contributed by atoms with Gasteiger partial charge in [-0.05, 0) is 6.07 Å². The van der Waals surface area contributed by atoms with Crippen LogP contribution in [0.15, 0.2) is 17.2 Å². The molecule has 0 aliphatic rings. The van der Waals surface area contributed by atoms with Crippen molar-refractivity contribution in [2.75, 3.05) is 7.05 Å². The Morgan fingerprint density at radius 2 is 2.50 bits per heavy atom. The second-order valence-electron chi connectivity index (χ2n) is 1.91. The van der Waals surface area contributed by atoms with Gasteiger partial charge in [0.25, 0.3) is 0 Å². The minimum Gasteiger partial charge on any atom is -0.313 e. The highest BCUT2D eigenvalue weighted by atomic mass is 32.1. The summed E-state index contributed by atoms with van der Waals surface area (Å²) in [5.74, 6) is 0. The molecule has 0 fully saturated rings. The lowest BCUT2D eigenvalue weighted by Crippen LogP contribution is -1.93. The molecule has 0 saturated carbocycles. The van der Waals surface area contributed by atoms with Crippen molar-refractivity contribution in [3.8, 4) is 0 Å². The number of hydrogen-bond acceptors (Lipinski definition) is 5. The first kappa shape index (κ1) is 8.66. The zero-order chi connectivity index (χ0) is 8.97. The highest BCUT2D eigenvalue weighted by Crippen LogP contribution is 2.22. The molecule has 0 unspecified atom stereocenters. The van der Waals surface area contributed by atoms with Gasteiger partial charge in [-0.15, -0.1) is 0 Å². The summed E-state index contributed by atoms with van der Waals surface area (Å²) in [5, 5.41) is 14.1. The number of nitro groups is 1. The lowest BCUT2D eigenvalue weighted by atomic mass is 10.5. The van der Waals surface area contributed by atoms with Crippen LogP contribution >= 0.6 is 11.3 Å². The van der Waals surface area contributed by atoms with E-state index in [0.29, 0.717) is 0 Å². The van der Waals surface area contributed by atoms with Crippen LogP contribution in [0.25, 0.3) is 0 Å². The lowest BCUT2D eigenvalue weighted by molar-refractivity contribution is -0.380. The second kappa shape index (κ2) is 3.82. The predicted octanol–water partition coefficient (Wildman–Crippen LogP) is 1.21. The summed E-state index contributed by atoms with van der Waals surface area (Å²) < 4.78 is 0. The van der Waals surface area contributed by atoms with Gasteiger partial charge in [-0.25, -0.2) is 0 Å². The summed E-state index contributed by atoms with van der Waals surface area (Å²) in [6.45, 7) is 0. The van der Waals surface area contributed by atoms with Gasteiger partial charge in [-0.3, -0.25) is 10.1 Å². The maximum absolute atomic E-state index is 10.2. The van der Waals surface area contributed by atoms with Crippen LogP contribution in [-0.2, 0) is 0 Å². The summed E-state index contributed by atoms with van der Waals surface area (Å²) in [6, 6.07) is 3.12. The van der Waals surface area contributed by atoms with Crippen molar-refractivity contribution in [1.29, 1.82) is 0 Å². The zero-order valence-corrected chi connectivity index (χ0v) is 7.17. The lowest BCUT2D eigenvalue weighted by Gasteiger charge is -1.83. The maximum Gasteiger partial charge on any atom is 0.324 e. The van der Waals surface area contributed by atoms with E-state index in [1.54, 1.807) is 13.1 Å². The summed E-state index contributed by atoms with van der Waals surface area (Å²) >= 11 is 1.09. The van der Waals surface area contributed by atoms with Crippen molar-refractivity contribution in [3.05, 3.63) is 27.1 Å². The molecule has 12 heavy (non-hydrogen) atoms. The minimum absolute atomic E-state index is 0.132. The molecule has 0 spiro atoms. The number of nitrogens with one attached hydrogen (secondary N) is 1. The van der Waals surface area contributed by atoms with Gasteiger partial charge in [-0.2, -0.15) is 5.10 Å². The van der Waals surface area contributed by atoms with E-state index in [-0.39, 0.29) is 5.00 Å². The molecule has 5 nitrogen and oxygen atoms in total. The quantitative estimate of drug-likeness (QED) is 0.437. The van der Waals surface area contributed by atoms with Crippen molar-refractivity contribution >= 4 is 22.6 Å². The number of hydrazone groups is 1. The normalized spacial score (nSPS) is 10.4. The second-order valence-corrected chi connectivity index (χ2v) is 3.01. The summed E-state index contributed by atoms with van der Waals surface area (Å²) in [4.78, 5) is 10.6. The van der Waals surface area contributed by atoms with Gasteiger partial charge in [0.15, 0.2) is 0 Å². The van der Waals surface area contributed by atoms with Crippen molar-refractivity contribution < 1.29 is 4.92 Å². The molecule has 0 bridgehead atoms. The van der Waals surface area contributed by atoms with Crippen molar-refractivity contribution in [2.24, 2.45) is 5.10 Å². The highest BCUT2D eigenvalue weighted by molar-refractivity contribution is 7.16. The predicted molar refractivity (Wildman–Crippen MR) is 47.6 cm³/mol. The van der Waals surface area contributed by atoms with Crippen LogP contribution in [0.1, 0.15) is 4.88 Å². The molecule has 64 valence electrons. The molecular weight excluding hydrogens is 178 g/mol. The Kier molecular flexibility index (Phi) is 2.76. The standard InChI is InChI=1S/C6H7N3O2S/c1-7-8-4-5-2-3-6(12-5)9(10)11/h2-4,7H,1H3/b8-4+. The van der Waals surface area contributed by atoms with Crippen LogP contribution in [0, 0.1) is 10.1 Å². The first-order valence-corrected chi connectivity index (χ1v) is 3.99. The first-order valence-electron chi connectivity index (χ1n) is 3.18. The van der Waals surface area contributed by atoms with Gasteiger partial charge in [0.05, 0.1) is 16.0 Å². The molecule has 1 aromatic heterocycles. The molecule has 0 aromatic carbocycles. The van der Waals surface area contributed by atoms with E-state index in [9.17, 15) is 10.1 Å². The minimum atomic E-state index is -0.415. The first-order chi connectivity index (χ1) is 5.74. The molecule has 0 amide bonds. The van der Waals surface area contributed by atoms with Gasteiger partial charge in [0, 0.05) is 13.1 Å². The average molecular weight is 185 g/mol. The Bertz CT molecular complexity index is 307. The highest BCUT2D eigenvalue weighted by Gasteiger charge is 2.07. The Morgan fingerprint density at radius 3 is 3.00 bits per heavy atom. The molecule has 0 radical (unpaired) electrons. The van der Waals surface area contributed by atoms with Crippen LogP contribution in [0.2, 0.25) is 0 Å². The molecule has 0 aliphatic heterocycles. The van der Waals surface area contributed by atoms with E-state index in [1.807, 2.05) is 0 Å². The Labute approximate surface area is 72.9 Å². The van der Waals surface area contributed by atoms with E-state index >= 15 is 0 Å². The third-order valence-corrected chi connectivity index (χ3v) is 2.08. The number of nitrogens with zero attached hydrogens (tertiary/aromatic N) is 2. The van der Waals surface area contributed by atoms with E-state index in [1.165, 1.54) is 12.3 Å². The largest absolute Gasteiger partial charge is 0.324 e. The van der Waals surface area contributed by atoms with E-state index in [4.69, 9.17) is 0 Å². The van der Waals surface area contributed by atoms with E-state index in [0.717, 1.165) is 16.2 Å². The molecule has 6 heteroatoms. The summed E-state index contributed by atoms with van der Waals surface area (Å²) in [5.41, 5.74) is 2.56. The zero-order valence-electron chi connectivity index (χ0n) is 6.35. The molecular formula is C6H7N3O2S. The van der Waals surface area contributed by atoms with Crippen LogP contribution in [-0.4, -0.2) is 18.2 Å². The molecule has 0 saturated heterocycles. The SMILES string of the molecule is CN/N=C/c1ccc([N+](=O)[O-])s1. The van der Waals surface area contributed by atoms with Crippen LogP contribution in [0.5, 0.6) is 0 Å². The van der Waals surface area contributed by atoms with Gasteiger partial charge >= 0.3 is 5.00 Å². The Hall–Kier alpha value is -1.43. The van der Waals surface area contributed by atoms with Crippen molar-refractivity contribution in [2.45, 2.75) is 0 Å². The number of rotatable bonds is 3. The average Bonchev–Trinajstić information content (AvgIpc) is 2.48. The number of hydrogen-bond donors (Lipinski definition) is 1. The fourth-order valence-corrected chi connectivity index (χ4v) is 1.33. The van der Waals surface area contributed by atoms with Crippen molar-refractivity contribution in [1.82, 2.24) is 5.43 Å². The van der Waals surface area contributed by atoms with Crippen molar-refractivity contribution in [3.63, 3.8) is 0 Å². The molecule has 0 aliphatic carbocycles. The van der Waals surface area contributed by atoms with Gasteiger partial charge in [0.1, 0.15) is 0 Å². The fourth-order valence-electron chi connectivity index (χ4n) is 0.638. The molecule has 1 rings (SSSR count). The molecule has 1 heterocycles. The smallest absolute Gasteiger partial charge is 0.313 e. The topological polar surface area (TPSA) is 67.5 Å². The summed E-state index contributed by atoms with van der Waals surface area (Å²) in [7, 11) is 1.67. The third kappa shape index (κ3) is 2.03. The van der Waals surface area contributed by atoms with Crippen LogP contribution in [0.4, 0.5) is 5.00 Å². The Balaban J connectivity index is 2.77. The molecule has 1 N–H and O–H groups in total.